The van der Waals surface area contributed by atoms with Gasteiger partial charge in [0.25, 0.3) is 0 Å². The number of rotatable bonds is 2. The summed E-state index contributed by atoms with van der Waals surface area (Å²) in [4.78, 5) is 15.3. The van der Waals surface area contributed by atoms with Crippen molar-refractivity contribution in [3.63, 3.8) is 0 Å². The molecule has 5 nitrogen and oxygen atoms in total. The number of benzene rings is 1. The zero-order chi connectivity index (χ0) is 18.1. The van der Waals surface area contributed by atoms with E-state index in [-0.39, 0.29) is 22.5 Å². The van der Waals surface area contributed by atoms with Gasteiger partial charge in [-0.15, -0.1) is 0 Å². The highest BCUT2D eigenvalue weighted by molar-refractivity contribution is 5.93. The molecule has 3 unspecified atom stereocenters. The Bertz CT molecular complexity index is 874. The van der Waals surface area contributed by atoms with Gasteiger partial charge in [0, 0.05) is 42.0 Å². The van der Waals surface area contributed by atoms with Crippen LogP contribution in [-0.2, 0) is 14.9 Å². The van der Waals surface area contributed by atoms with E-state index in [0.29, 0.717) is 12.5 Å². The van der Waals surface area contributed by atoms with Gasteiger partial charge in [0.2, 0.25) is 0 Å². The number of aromatic hydroxyl groups is 1. The lowest BCUT2D eigenvalue weighted by molar-refractivity contribution is -0.137. The first-order valence-electron chi connectivity index (χ1n) is 9.40. The van der Waals surface area contributed by atoms with Crippen molar-refractivity contribution in [3.8, 4) is 5.75 Å². The summed E-state index contributed by atoms with van der Waals surface area (Å²) in [5, 5.41) is 13.5. The van der Waals surface area contributed by atoms with Crippen molar-refractivity contribution >= 4 is 11.7 Å². The third-order valence-electron chi connectivity index (χ3n) is 7.05. The Hall–Kier alpha value is -2.27. The summed E-state index contributed by atoms with van der Waals surface area (Å²) >= 11 is 0. The first-order chi connectivity index (χ1) is 12.6. The van der Waals surface area contributed by atoms with Crippen LogP contribution in [0.5, 0.6) is 5.75 Å². The molecular weight excluding hydrogens is 328 g/mol. The van der Waals surface area contributed by atoms with Crippen LogP contribution >= 0.6 is 0 Å². The predicted molar refractivity (Wildman–Crippen MR) is 98.9 cm³/mol. The topological polar surface area (TPSA) is 61.8 Å². The molecular formula is C21H24N2O3. The van der Waals surface area contributed by atoms with Gasteiger partial charge in [-0.1, -0.05) is 25.1 Å². The quantitative estimate of drug-likeness (QED) is 0.633. The van der Waals surface area contributed by atoms with Crippen molar-refractivity contribution in [2.45, 2.75) is 37.6 Å². The van der Waals surface area contributed by atoms with Crippen molar-refractivity contribution in [2.24, 2.45) is 5.41 Å². The molecule has 1 aromatic rings. The average Bonchev–Trinajstić information content (AvgIpc) is 3.20. The first-order valence-corrected chi connectivity index (χ1v) is 9.40. The Labute approximate surface area is 153 Å². The van der Waals surface area contributed by atoms with Gasteiger partial charge >= 0.3 is 5.97 Å². The number of hydrogen-bond donors (Lipinski definition) is 2. The van der Waals surface area contributed by atoms with Gasteiger partial charge in [0.15, 0.2) is 0 Å². The number of nitrogens with one attached hydrogen (secondary N) is 1. The van der Waals surface area contributed by atoms with Crippen LogP contribution in [0.1, 0.15) is 31.7 Å². The largest absolute Gasteiger partial charge is 0.508 e. The van der Waals surface area contributed by atoms with Gasteiger partial charge in [-0.3, -0.25) is 4.90 Å². The number of esters is 1. The summed E-state index contributed by atoms with van der Waals surface area (Å²) in [6, 6.07) is 5.90. The standard InChI is InChI=1S/C21H24N2O3/c1-3-20-7-4-9-23-10-8-21(19(20)23)15-6-5-13(24)11-16(15)22-17(21)14(12-20)18(25)26-2/h4-7,11,19,22,24H,3,8-10,12H2,1-2H3. The number of nitrogens with zero attached hydrogens (tertiary/aromatic N) is 1. The molecule has 4 aliphatic rings. The zero-order valence-corrected chi connectivity index (χ0v) is 15.2. The third kappa shape index (κ3) is 1.72. The van der Waals surface area contributed by atoms with Crippen molar-refractivity contribution in [2.75, 3.05) is 25.5 Å². The summed E-state index contributed by atoms with van der Waals surface area (Å²) in [6.07, 6.45) is 7.26. The van der Waals surface area contributed by atoms with Crippen LogP contribution in [0.15, 0.2) is 41.6 Å². The smallest absolute Gasteiger partial charge is 0.335 e. The molecule has 0 bridgehead atoms. The molecule has 3 heterocycles. The maximum Gasteiger partial charge on any atom is 0.335 e. The SMILES string of the molecule is CCC12C=CCN3CCC4(C(=C(C(=O)OC)C1)Nc1cc(O)ccc14)C32. The van der Waals surface area contributed by atoms with Crippen LogP contribution in [-0.4, -0.2) is 42.2 Å². The predicted octanol–water partition coefficient (Wildman–Crippen LogP) is 2.93. The Morgan fingerprint density at radius 3 is 3.08 bits per heavy atom. The summed E-state index contributed by atoms with van der Waals surface area (Å²) in [6.45, 7) is 4.19. The normalized spacial score (nSPS) is 34.2. The van der Waals surface area contributed by atoms with E-state index < -0.39 is 0 Å². The highest BCUT2D eigenvalue weighted by atomic mass is 16.5. The molecule has 1 saturated heterocycles. The number of phenols is 1. The fourth-order valence-corrected chi connectivity index (χ4v) is 6.06. The second-order valence-electron chi connectivity index (χ2n) is 7.98. The molecule has 0 aromatic heterocycles. The first kappa shape index (κ1) is 15.9. The number of anilines is 1. The van der Waals surface area contributed by atoms with E-state index in [1.54, 1.807) is 12.1 Å². The molecule has 136 valence electrons. The van der Waals surface area contributed by atoms with E-state index in [2.05, 4.69) is 29.3 Å². The van der Waals surface area contributed by atoms with Crippen LogP contribution in [0.3, 0.4) is 0 Å². The van der Waals surface area contributed by atoms with Gasteiger partial charge < -0.3 is 15.2 Å². The Morgan fingerprint density at radius 2 is 2.31 bits per heavy atom. The number of methoxy groups -OCH3 is 1. The molecule has 1 aromatic carbocycles. The lowest BCUT2D eigenvalue weighted by Gasteiger charge is -2.53. The molecule has 0 radical (unpaired) electrons. The number of carbonyl (C=O) groups excluding carboxylic acids is 1. The van der Waals surface area contributed by atoms with Crippen LogP contribution < -0.4 is 5.32 Å². The molecule has 0 saturated carbocycles. The summed E-state index contributed by atoms with van der Waals surface area (Å²) in [5.74, 6) is -0.000681. The van der Waals surface area contributed by atoms with Crippen LogP contribution in [0.4, 0.5) is 5.69 Å². The summed E-state index contributed by atoms with van der Waals surface area (Å²) in [7, 11) is 1.46. The van der Waals surface area contributed by atoms with Crippen molar-refractivity contribution in [3.05, 3.63) is 47.2 Å². The maximum absolute atomic E-state index is 12.7. The molecule has 5 rings (SSSR count). The number of hydrogen-bond acceptors (Lipinski definition) is 5. The summed E-state index contributed by atoms with van der Waals surface area (Å²) in [5.41, 5.74) is 3.58. The van der Waals surface area contributed by atoms with Gasteiger partial charge in [-0.05, 0) is 30.9 Å². The van der Waals surface area contributed by atoms with E-state index in [4.69, 9.17) is 4.74 Å². The number of fused-ring (bicyclic) bond motifs is 1. The van der Waals surface area contributed by atoms with E-state index >= 15 is 0 Å². The Kier molecular flexibility index (Phi) is 3.15. The number of ether oxygens (including phenoxy) is 1. The van der Waals surface area contributed by atoms with Crippen LogP contribution in [0.25, 0.3) is 0 Å². The minimum atomic E-state index is -0.243. The second kappa shape index (κ2) is 5.13. The Morgan fingerprint density at radius 1 is 1.46 bits per heavy atom. The molecule has 5 heteroatoms. The second-order valence-corrected chi connectivity index (χ2v) is 7.98. The van der Waals surface area contributed by atoms with Gasteiger partial charge in [-0.25, -0.2) is 4.79 Å². The number of carbonyl (C=O) groups is 1. The lowest BCUT2D eigenvalue weighted by Crippen LogP contribution is -2.58. The highest BCUT2D eigenvalue weighted by Gasteiger charge is 2.65. The fourth-order valence-electron chi connectivity index (χ4n) is 6.06. The molecule has 0 amide bonds. The van der Waals surface area contributed by atoms with Crippen molar-refractivity contribution in [1.29, 1.82) is 0 Å². The molecule has 1 aliphatic carbocycles. The molecule has 26 heavy (non-hydrogen) atoms. The average molecular weight is 352 g/mol. The molecule has 2 N–H and O–H groups in total. The van der Waals surface area contributed by atoms with Crippen molar-refractivity contribution in [1.82, 2.24) is 4.90 Å². The Balaban J connectivity index is 1.83. The van der Waals surface area contributed by atoms with Gasteiger partial charge in [0.05, 0.1) is 18.1 Å². The van der Waals surface area contributed by atoms with Crippen LogP contribution in [0.2, 0.25) is 0 Å². The summed E-state index contributed by atoms with van der Waals surface area (Å²) < 4.78 is 5.17. The van der Waals surface area contributed by atoms with E-state index in [9.17, 15) is 9.90 Å². The third-order valence-corrected chi connectivity index (χ3v) is 7.05. The molecule has 3 aliphatic heterocycles. The van der Waals surface area contributed by atoms with E-state index in [0.717, 1.165) is 42.9 Å². The molecule has 1 fully saturated rings. The van der Waals surface area contributed by atoms with Crippen molar-refractivity contribution < 1.29 is 14.6 Å². The number of phenolic OH excluding ortho intramolecular Hbond substituents is 1. The van der Waals surface area contributed by atoms with Crippen LogP contribution in [0, 0.1) is 5.41 Å². The monoisotopic (exact) mass is 352 g/mol. The zero-order valence-electron chi connectivity index (χ0n) is 15.2. The lowest BCUT2D eigenvalue weighted by atomic mass is 9.55. The van der Waals surface area contributed by atoms with E-state index in [1.807, 2.05) is 6.07 Å². The van der Waals surface area contributed by atoms with E-state index in [1.165, 1.54) is 12.7 Å². The van der Waals surface area contributed by atoms with Gasteiger partial charge in [-0.2, -0.15) is 0 Å². The molecule has 3 atom stereocenters. The maximum atomic E-state index is 12.7. The molecule has 1 spiro atoms. The minimum absolute atomic E-state index is 0.0665. The van der Waals surface area contributed by atoms with Gasteiger partial charge in [0.1, 0.15) is 5.75 Å². The fraction of sp³-hybridized carbons (Fsp3) is 0.476. The highest BCUT2D eigenvalue weighted by Crippen LogP contribution is 2.64. The minimum Gasteiger partial charge on any atom is -0.508 e.